The summed E-state index contributed by atoms with van der Waals surface area (Å²) in [4.78, 5) is 11.7. The van der Waals surface area contributed by atoms with Gasteiger partial charge in [-0.05, 0) is 19.5 Å². The molecule has 1 aliphatic heterocycles. The summed E-state index contributed by atoms with van der Waals surface area (Å²) >= 11 is 0. The van der Waals surface area contributed by atoms with Gasteiger partial charge in [-0.3, -0.25) is 4.90 Å². The molecule has 4 nitrogen and oxygen atoms in total. The SMILES string of the molecule is O=C(O)C(F)(F)CN1CCCNCC1. The van der Waals surface area contributed by atoms with Crippen molar-refractivity contribution in [2.45, 2.75) is 12.3 Å². The Morgan fingerprint density at radius 1 is 1.43 bits per heavy atom. The number of nitrogens with one attached hydrogen (secondary N) is 1. The van der Waals surface area contributed by atoms with E-state index in [0.717, 1.165) is 13.0 Å². The van der Waals surface area contributed by atoms with Gasteiger partial charge in [0.2, 0.25) is 0 Å². The monoisotopic (exact) mass is 208 g/mol. The maximum atomic E-state index is 12.8. The van der Waals surface area contributed by atoms with Crippen LogP contribution in [0.5, 0.6) is 0 Å². The molecule has 1 rings (SSSR count). The minimum atomic E-state index is -3.63. The van der Waals surface area contributed by atoms with Crippen LogP contribution in [0.3, 0.4) is 0 Å². The standard InChI is InChI=1S/C8H14F2N2O2/c9-8(10,7(13)14)6-12-4-1-2-11-3-5-12/h11H,1-6H2,(H,13,14). The molecule has 0 aromatic carbocycles. The van der Waals surface area contributed by atoms with Crippen molar-refractivity contribution >= 4 is 5.97 Å². The van der Waals surface area contributed by atoms with Gasteiger partial charge in [0.15, 0.2) is 0 Å². The van der Waals surface area contributed by atoms with Crippen molar-refractivity contribution in [3.8, 4) is 0 Å². The molecule has 0 radical (unpaired) electrons. The van der Waals surface area contributed by atoms with Crippen LogP contribution in [0.2, 0.25) is 0 Å². The van der Waals surface area contributed by atoms with Gasteiger partial charge in [-0.1, -0.05) is 0 Å². The van der Waals surface area contributed by atoms with Crippen LogP contribution in [0, 0.1) is 0 Å². The molecule has 0 amide bonds. The number of aliphatic carboxylic acids is 1. The number of carboxylic acids is 1. The second-order valence-corrected chi connectivity index (χ2v) is 3.39. The molecule has 1 saturated heterocycles. The van der Waals surface area contributed by atoms with Gasteiger partial charge in [-0.25, -0.2) is 4.79 Å². The average Bonchev–Trinajstić information content (AvgIpc) is 2.32. The minimum Gasteiger partial charge on any atom is -0.477 e. The topological polar surface area (TPSA) is 52.6 Å². The summed E-state index contributed by atoms with van der Waals surface area (Å²) in [6.07, 6.45) is 0.774. The van der Waals surface area contributed by atoms with Gasteiger partial charge in [-0.2, -0.15) is 8.78 Å². The van der Waals surface area contributed by atoms with Crippen LogP contribution in [-0.2, 0) is 4.79 Å². The van der Waals surface area contributed by atoms with Gasteiger partial charge >= 0.3 is 11.9 Å². The normalized spacial score (nSPS) is 20.4. The van der Waals surface area contributed by atoms with Gasteiger partial charge in [-0.15, -0.1) is 0 Å². The van der Waals surface area contributed by atoms with E-state index in [1.165, 1.54) is 4.90 Å². The number of rotatable bonds is 3. The fraction of sp³-hybridized carbons (Fsp3) is 0.875. The molecule has 6 heteroatoms. The Morgan fingerprint density at radius 3 is 2.79 bits per heavy atom. The lowest BCUT2D eigenvalue weighted by molar-refractivity contribution is -0.167. The summed E-state index contributed by atoms with van der Waals surface area (Å²) < 4.78 is 25.6. The number of alkyl halides is 2. The Balaban J connectivity index is 2.45. The number of hydrogen-bond donors (Lipinski definition) is 2. The summed E-state index contributed by atoms with van der Waals surface area (Å²) in [5, 5.41) is 11.3. The number of hydrogen-bond acceptors (Lipinski definition) is 3. The zero-order valence-corrected chi connectivity index (χ0v) is 7.80. The molecule has 0 spiro atoms. The smallest absolute Gasteiger partial charge is 0.375 e. The molecule has 2 N–H and O–H groups in total. The van der Waals surface area contributed by atoms with Crippen LogP contribution in [0.1, 0.15) is 6.42 Å². The van der Waals surface area contributed by atoms with E-state index >= 15 is 0 Å². The maximum absolute atomic E-state index is 12.8. The largest absolute Gasteiger partial charge is 0.477 e. The summed E-state index contributed by atoms with van der Waals surface area (Å²) in [6.45, 7) is 1.74. The molecule has 0 atom stereocenters. The van der Waals surface area contributed by atoms with E-state index in [2.05, 4.69) is 5.32 Å². The number of carbonyl (C=O) groups is 1. The highest BCUT2D eigenvalue weighted by molar-refractivity contribution is 5.75. The maximum Gasteiger partial charge on any atom is 0.375 e. The van der Waals surface area contributed by atoms with E-state index in [0.29, 0.717) is 19.6 Å². The second-order valence-electron chi connectivity index (χ2n) is 3.39. The Labute approximate surface area is 80.9 Å². The molecule has 1 aliphatic rings. The highest BCUT2D eigenvalue weighted by Crippen LogP contribution is 2.15. The number of nitrogens with zero attached hydrogens (tertiary/aromatic N) is 1. The first-order valence-electron chi connectivity index (χ1n) is 4.57. The molecule has 0 saturated carbocycles. The second kappa shape index (κ2) is 4.65. The molecule has 0 unspecified atom stereocenters. The molecule has 0 aliphatic carbocycles. The van der Waals surface area contributed by atoms with Crippen LogP contribution in [0.15, 0.2) is 0 Å². The lowest BCUT2D eigenvalue weighted by Crippen LogP contribution is -2.43. The Morgan fingerprint density at radius 2 is 2.14 bits per heavy atom. The molecule has 14 heavy (non-hydrogen) atoms. The Kier molecular flexibility index (Phi) is 3.77. The number of carboxylic acid groups (broad SMARTS) is 1. The quantitative estimate of drug-likeness (QED) is 0.685. The molecule has 0 bridgehead atoms. The van der Waals surface area contributed by atoms with Crippen molar-refractivity contribution < 1.29 is 18.7 Å². The first-order chi connectivity index (χ1) is 6.52. The Bertz CT molecular complexity index is 204. The van der Waals surface area contributed by atoms with Crippen LogP contribution in [-0.4, -0.2) is 54.6 Å². The molecule has 1 heterocycles. The average molecular weight is 208 g/mol. The van der Waals surface area contributed by atoms with Gasteiger partial charge in [0, 0.05) is 13.1 Å². The van der Waals surface area contributed by atoms with Gasteiger partial charge in [0.05, 0.1) is 6.54 Å². The van der Waals surface area contributed by atoms with E-state index < -0.39 is 18.4 Å². The van der Waals surface area contributed by atoms with Gasteiger partial charge in [0.25, 0.3) is 0 Å². The molecule has 0 aromatic heterocycles. The molecule has 82 valence electrons. The van der Waals surface area contributed by atoms with Crippen molar-refractivity contribution in [1.29, 1.82) is 0 Å². The molecular formula is C8H14F2N2O2. The van der Waals surface area contributed by atoms with Gasteiger partial charge < -0.3 is 10.4 Å². The predicted octanol–water partition coefficient (Wildman–Crippen LogP) is 0.00160. The van der Waals surface area contributed by atoms with E-state index in [9.17, 15) is 13.6 Å². The fourth-order valence-corrected chi connectivity index (χ4v) is 1.41. The van der Waals surface area contributed by atoms with Crippen LogP contribution < -0.4 is 5.32 Å². The minimum absolute atomic E-state index is 0.475. The third kappa shape index (κ3) is 3.19. The van der Waals surface area contributed by atoms with Crippen LogP contribution >= 0.6 is 0 Å². The zero-order valence-electron chi connectivity index (χ0n) is 7.80. The summed E-state index contributed by atoms with van der Waals surface area (Å²) in [5.41, 5.74) is 0. The summed E-state index contributed by atoms with van der Waals surface area (Å²) in [5.74, 6) is -5.68. The summed E-state index contributed by atoms with van der Waals surface area (Å²) in [6, 6.07) is 0. The van der Waals surface area contributed by atoms with E-state index in [4.69, 9.17) is 5.11 Å². The number of halogens is 2. The van der Waals surface area contributed by atoms with E-state index in [1.807, 2.05) is 0 Å². The molecule has 1 fully saturated rings. The molecule has 0 aromatic rings. The lowest BCUT2D eigenvalue weighted by Gasteiger charge is -2.22. The summed E-state index contributed by atoms with van der Waals surface area (Å²) in [7, 11) is 0. The highest BCUT2D eigenvalue weighted by Gasteiger charge is 2.40. The predicted molar refractivity (Wildman–Crippen MR) is 46.5 cm³/mol. The van der Waals surface area contributed by atoms with E-state index in [-0.39, 0.29) is 0 Å². The van der Waals surface area contributed by atoms with Crippen molar-refractivity contribution in [3.05, 3.63) is 0 Å². The third-order valence-electron chi connectivity index (χ3n) is 2.17. The van der Waals surface area contributed by atoms with Crippen molar-refractivity contribution in [3.63, 3.8) is 0 Å². The third-order valence-corrected chi connectivity index (χ3v) is 2.17. The fourth-order valence-electron chi connectivity index (χ4n) is 1.41. The van der Waals surface area contributed by atoms with Gasteiger partial charge in [0.1, 0.15) is 0 Å². The zero-order chi connectivity index (χ0) is 10.6. The Hall–Kier alpha value is -0.750. The lowest BCUT2D eigenvalue weighted by atomic mass is 10.3. The van der Waals surface area contributed by atoms with Crippen molar-refractivity contribution in [1.82, 2.24) is 10.2 Å². The van der Waals surface area contributed by atoms with Crippen molar-refractivity contribution in [2.75, 3.05) is 32.7 Å². The first-order valence-corrected chi connectivity index (χ1v) is 4.57. The van der Waals surface area contributed by atoms with Crippen molar-refractivity contribution in [2.24, 2.45) is 0 Å². The van der Waals surface area contributed by atoms with Crippen LogP contribution in [0.4, 0.5) is 8.78 Å². The van der Waals surface area contributed by atoms with Crippen LogP contribution in [0.25, 0.3) is 0 Å². The first kappa shape index (κ1) is 11.3. The molecular weight excluding hydrogens is 194 g/mol. The highest BCUT2D eigenvalue weighted by atomic mass is 19.3. The van der Waals surface area contributed by atoms with E-state index in [1.54, 1.807) is 0 Å².